The van der Waals surface area contributed by atoms with E-state index in [0.717, 1.165) is 27.1 Å². The van der Waals surface area contributed by atoms with Crippen LogP contribution in [0.3, 0.4) is 0 Å². The number of amides is 1. The van der Waals surface area contributed by atoms with Crippen LogP contribution >= 0.6 is 11.3 Å². The van der Waals surface area contributed by atoms with Crippen LogP contribution in [0.5, 0.6) is 5.75 Å². The number of pyridine rings is 2. The quantitative estimate of drug-likeness (QED) is 0.545. The lowest BCUT2D eigenvalue weighted by Crippen LogP contribution is -2.29. The Balaban J connectivity index is 1.70. The van der Waals surface area contributed by atoms with Gasteiger partial charge in [-0.25, -0.2) is 0 Å². The van der Waals surface area contributed by atoms with Gasteiger partial charge in [-0.3, -0.25) is 14.8 Å². The van der Waals surface area contributed by atoms with E-state index in [4.69, 9.17) is 4.74 Å². The van der Waals surface area contributed by atoms with Gasteiger partial charge in [0.25, 0.3) is 5.91 Å². The normalized spacial score (nSPS) is 11.9. The van der Waals surface area contributed by atoms with E-state index in [9.17, 15) is 4.79 Å². The second-order valence-corrected chi connectivity index (χ2v) is 7.36. The Morgan fingerprint density at radius 2 is 1.96 bits per heavy atom. The average molecular weight is 389 g/mol. The summed E-state index contributed by atoms with van der Waals surface area (Å²) in [7, 11) is 1.62. The molecule has 1 aromatic carbocycles. The first-order valence-electron chi connectivity index (χ1n) is 8.85. The molecule has 0 aliphatic heterocycles. The van der Waals surface area contributed by atoms with E-state index >= 15 is 0 Å². The summed E-state index contributed by atoms with van der Waals surface area (Å²) >= 11 is 1.61. The number of rotatable bonds is 5. The molecule has 1 amide bonds. The second kappa shape index (κ2) is 7.78. The summed E-state index contributed by atoms with van der Waals surface area (Å²) in [5, 5.41) is 6.03. The summed E-state index contributed by atoms with van der Waals surface area (Å²) in [5.41, 5.74) is 3.06. The molecule has 140 valence electrons. The molecule has 0 spiro atoms. The third-order valence-electron chi connectivity index (χ3n) is 4.60. The molecule has 4 rings (SSSR count). The van der Waals surface area contributed by atoms with Gasteiger partial charge in [0.05, 0.1) is 29.9 Å². The van der Waals surface area contributed by atoms with E-state index in [1.54, 1.807) is 30.8 Å². The number of carbonyl (C=O) groups excluding carboxylic acids is 1. The first-order valence-corrected chi connectivity index (χ1v) is 9.73. The molecule has 3 aromatic heterocycles. The molecule has 0 aliphatic carbocycles. The van der Waals surface area contributed by atoms with Crippen LogP contribution in [0.15, 0.2) is 66.3 Å². The van der Waals surface area contributed by atoms with Crippen molar-refractivity contribution in [3.8, 4) is 5.75 Å². The van der Waals surface area contributed by atoms with Crippen molar-refractivity contribution < 1.29 is 9.53 Å². The number of ether oxygens (including phenoxy) is 1. The minimum atomic E-state index is -0.240. The van der Waals surface area contributed by atoms with E-state index in [2.05, 4.69) is 15.3 Å². The van der Waals surface area contributed by atoms with Crippen molar-refractivity contribution in [3.63, 3.8) is 0 Å². The predicted molar refractivity (Wildman–Crippen MR) is 111 cm³/mol. The average Bonchev–Trinajstić information content (AvgIpc) is 3.26. The van der Waals surface area contributed by atoms with Gasteiger partial charge < -0.3 is 10.1 Å². The minimum Gasteiger partial charge on any atom is -0.497 e. The Hall–Kier alpha value is -3.25. The molecular formula is C22H19N3O2S. The Labute approximate surface area is 167 Å². The third-order valence-corrected chi connectivity index (χ3v) is 5.54. The zero-order valence-electron chi connectivity index (χ0n) is 15.5. The Morgan fingerprint density at radius 3 is 2.68 bits per heavy atom. The molecule has 0 saturated carbocycles. The monoisotopic (exact) mass is 389 g/mol. The van der Waals surface area contributed by atoms with Gasteiger partial charge in [-0.05, 0) is 60.3 Å². The molecule has 1 atom stereocenters. The number of methoxy groups -OCH3 is 1. The molecule has 1 unspecified atom stereocenters. The molecule has 0 radical (unpaired) electrons. The summed E-state index contributed by atoms with van der Waals surface area (Å²) in [6, 6.07) is 15.1. The van der Waals surface area contributed by atoms with Crippen LogP contribution in [-0.2, 0) is 0 Å². The largest absolute Gasteiger partial charge is 0.497 e. The molecule has 6 heteroatoms. The molecule has 4 aromatic rings. The highest BCUT2D eigenvalue weighted by Gasteiger charge is 2.20. The number of fused-ring (bicyclic) bond motifs is 1. The van der Waals surface area contributed by atoms with Gasteiger partial charge in [0.15, 0.2) is 0 Å². The van der Waals surface area contributed by atoms with Gasteiger partial charge in [0.2, 0.25) is 0 Å². The van der Waals surface area contributed by atoms with Crippen molar-refractivity contribution in [2.45, 2.75) is 13.0 Å². The smallest absolute Gasteiger partial charge is 0.253 e. The fraction of sp³-hybridized carbons (Fsp3) is 0.136. The lowest BCUT2D eigenvalue weighted by molar-refractivity contribution is 0.0942. The minimum absolute atomic E-state index is 0.162. The first kappa shape index (κ1) is 18.1. The van der Waals surface area contributed by atoms with Crippen molar-refractivity contribution >= 4 is 28.1 Å². The molecule has 28 heavy (non-hydrogen) atoms. The van der Waals surface area contributed by atoms with Crippen molar-refractivity contribution in [2.75, 3.05) is 7.11 Å². The van der Waals surface area contributed by atoms with Crippen molar-refractivity contribution in [3.05, 3.63) is 88.0 Å². The topological polar surface area (TPSA) is 64.1 Å². The zero-order chi connectivity index (χ0) is 19.5. The number of hydrogen-bond donors (Lipinski definition) is 1. The number of nitrogens with one attached hydrogen (secondary N) is 1. The summed E-state index contributed by atoms with van der Waals surface area (Å²) in [5.74, 6) is 0.572. The van der Waals surface area contributed by atoms with Crippen LogP contribution in [0.2, 0.25) is 0 Å². The number of nitrogens with zero attached hydrogens (tertiary/aromatic N) is 2. The molecule has 1 N–H and O–H groups in total. The van der Waals surface area contributed by atoms with Crippen LogP contribution in [0.4, 0.5) is 0 Å². The second-order valence-electron chi connectivity index (χ2n) is 6.38. The summed E-state index contributed by atoms with van der Waals surface area (Å²) in [6.45, 7) is 1.85. The molecule has 0 aliphatic rings. The molecule has 0 fully saturated rings. The predicted octanol–water partition coefficient (Wildman–Crippen LogP) is 4.53. The Morgan fingerprint density at radius 1 is 1.14 bits per heavy atom. The maximum absolute atomic E-state index is 13.1. The SMILES string of the molecule is COc1ccc2nc(C)c(C(=O)NC(c3ccncc3)c3cccs3)cc2c1. The number of carbonyl (C=O) groups is 1. The summed E-state index contributed by atoms with van der Waals surface area (Å²) in [4.78, 5) is 22.9. The van der Waals surface area contributed by atoms with E-state index < -0.39 is 0 Å². The van der Waals surface area contributed by atoms with Gasteiger partial charge in [-0.1, -0.05) is 6.07 Å². The van der Waals surface area contributed by atoms with E-state index in [-0.39, 0.29) is 11.9 Å². The number of aromatic nitrogens is 2. The van der Waals surface area contributed by atoms with Crippen LogP contribution in [0, 0.1) is 6.92 Å². The highest BCUT2D eigenvalue weighted by molar-refractivity contribution is 7.10. The van der Waals surface area contributed by atoms with E-state index in [1.807, 2.05) is 60.8 Å². The lowest BCUT2D eigenvalue weighted by atomic mass is 10.0. The fourth-order valence-electron chi connectivity index (χ4n) is 3.15. The maximum atomic E-state index is 13.1. The first-order chi connectivity index (χ1) is 13.7. The summed E-state index contributed by atoms with van der Waals surface area (Å²) < 4.78 is 5.29. The van der Waals surface area contributed by atoms with Gasteiger partial charge in [-0.15, -0.1) is 11.3 Å². The van der Waals surface area contributed by atoms with Crippen LogP contribution in [0.1, 0.15) is 32.5 Å². The van der Waals surface area contributed by atoms with Crippen molar-refractivity contribution in [1.82, 2.24) is 15.3 Å². The highest BCUT2D eigenvalue weighted by atomic mass is 32.1. The number of thiophene rings is 1. The van der Waals surface area contributed by atoms with Crippen molar-refractivity contribution in [2.24, 2.45) is 0 Å². The van der Waals surface area contributed by atoms with Crippen molar-refractivity contribution in [1.29, 1.82) is 0 Å². The molecule has 5 nitrogen and oxygen atoms in total. The molecule has 0 bridgehead atoms. The molecular weight excluding hydrogens is 370 g/mol. The Kier molecular flexibility index (Phi) is 5.04. The zero-order valence-corrected chi connectivity index (χ0v) is 16.4. The standard InChI is InChI=1S/C22H19N3O2S/c1-14-18(13-16-12-17(27-2)5-6-19(16)24-14)22(26)25-21(20-4-3-11-28-20)15-7-9-23-10-8-15/h3-13,21H,1-2H3,(H,25,26). The van der Waals surface area contributed by atoms with E-state index in [0.29, 0.717) is 11.3 Å². The maximum Gasteiger partial charge on any atom is 0.253 e. The number of hydrogen-bond acceptors (Lipinski definition) is 5. The van der Waals surface area contributed by atoms with Gasteiger partial charge in [0.1, 0.15) is 5.75 Å². The van der Waals surface area contributed by atoms with Crippen LogP contribution < -0.4 is 10.1 Å². The lowest BCUT2D eigenvalue weighted by Gasteiger charge is -2.19. The highest BCUT2D eigenvalue weighted by Crippen LogP contribution is 2.27. The van der Waals surface area contributed by atoms with E-state index in [1.165, 1.54) is 0 Å². The van der Waals surface area contributed by atoms with Gasteiger partial charge in [0, 0.05) is 22.7 Å². The van der Waals surface area contributed by atoms with Gasteiger partial charge >= 0.3 is 0 Å². The number of aryl methyl sites for hydroxylation is 1. The third kappa shape index (κ3) is 3.59. The molecule has 0 saturated heterocycles. The fourth-order valence-corrected chi connectivity index (χ4v) is 3.95. The number of benzene rings is 1. The molecule has 3 heterocycles. The summed E-state index contributed by atoms with van der Waals surface area (Å²) in [6.07, 6.45) is 3.47. The van der Waals surface area contributed by atoms with Crippen LogP contribution in [-0.4, -0.2) is 23.0 Å². The van der Waals surface area contributed by atoms with Crippen LogP contribution in [0.25, 0.3) is 10.9 Å². The van der Waals surface area contributed by atoms with Gasteiger partial charge in [-0.2, -0.15) is 0 Å². The Bertz CT molecular complexity index is 1110.